The molecule has 3 aromatic carbocycles. The van der Waals surface area contributed by atoms with Crippen LogP contribution in [0.25, 0.3) is 10.8 Å². The standard InChI is InChI=1S/C34H45N3O4/c1-3-4-5-6-7-8-9-10-11-12-13-16-24-37(25(2)38)31-21-17-19-27-26(31)22-23-29(32(27)39)34(41)36-30-20-15-14-18-28(30)33(35)40/h14-15,17-23,39H,3-13,16,24H2,1-2H3,(H2,35,40)(H,36,41). The highest BCUT2D eigenvalue weighted by Gasteiger charge is 2.20. The molecule has 0 spiro atoms. The van der Waals surface area contributed by atoms with Crippen LogP contribution in [-0.2, 0) is 4.79 Å². The molecule has 0 bridgehead atoms. The molecule has 0 atom stereocenters. The first-order chi connectivity index (χ1) is 19.8. The summed E-state index contributed by atoms with van der Waals surface area (Å²) >= 11 is 0. The van der Waals surface area contributed by atoms with Gasteiger partial charge in [0.15, 0.2) is 0 Å². The smallest absolute Gasteiger partial charge is 0.259 e. The average Bonchev–Trinajstić information content (AvgIpc) is 2.95. The van der Waals surface area contributed by atoms with E-state index in [4.69, 9.17) is 5.73 Å². The van der Waals surface area contributed by atoms with Gasteiger partial charge in [0, 0.05) is 24.2 Å². The first kappa shape index (κ1) is 31.7. The van der Waals surface area contributed by atoms with Gasteiger partial charge in [-0.25, -0.2) is 0 Å². The minimum Gasteiger partial charge on any atom is -0.506 e. The van der Waals surface area contributed by atoms with E-state index in [-0.39, 0.29) is 28.5 Å². The predicted molar refractivity (Wildman–Crippen MR) is 168 cm³/mol. The second-order valence-corrected chi connectivity index (χ2v) is 10.8. The normalized spacial score (nSPS) is 11.0. The summed E-state index contributed by atoms with van der Waals surface area (Å²) in [5, 5.41) is 14.9. The van der Waals surface area contributed by atoms with Gasteiger partial charge in [-0.2, -0.15) is 0 Å². The van der Waals surface area contributed by atoms with Crippen LogP contribution in [0.4, 0.5) is 11.4 Å². The van der Waals surface area contributed by atoms with Gasteiger partial charge in [-0.05, 0) is 30.7 Å². The number of unbranched alkanes of at least 4 members (excludes halogenated alkanes) is 11. The van der Waals surface area contributed by atoms with E-state index in [9.17, 15) is 19.5 Å². The average molecular weight is 560 g/mol. The number of nitrogens with two attached hydrogens (primary N) is 1. The molecule has 0 fully saturated rings. The summed E-state index contributed by atoms with van der Waals surface area (Å²) in [7, 11) is 0. The molecule has 0 aliphatic heterocycles. The summed E-state index contributed by atoms with van der Waals surface area (Å²) in [5.74, 6) is -1.48. The third-order valence-electron chi connectivity index (χ3n) is 7.60. The highest BCUT2D eigenvalue weighted by molar-refractivity contribution is 6.14. The number of carbonyl (C=O) groups excluding carboxylic acids is 3. The van der Waals surface area contributed by atoms with Crippen LogP contribution in [0.5, 0.6) is 5.75 Å². The van der Waals surface area contributed by atoms with Crippen molar-refractivity contribution in [3.8, 4) is 5.75 Å². The summed E-state index contributed by atoms with van der Waals surface area (Å²) < 4.78 is 0. The lowest BCUT2D eigenvalue weighted by atomic mass is 10.0. The maximum atomic E-state index is 13.0. The number of amides is 3. The Bertz CT molecular complexity index is 1320. The van der Waals surface area contributed by atoms with Crippen molar-refractivity contribution in [1.82, 2.24) is 0 Å². The SMILES string of the molecule is CCCCCCCCCCCCCCN(C(C)=O)c1cccc2c(O)c(C(=O)Nc3ccccc3C(N)=O)ccc12. The monoisotopic (exact) mass is 559 g/mol. The molecular weight excluding hydrogens is 514 g/mol. The number of aromatic hydroxyl groups is 1. The van der Waals surface area contributed by atoms with Crippen molar-refractivity contribution in [2.45, 2.75) is 90.9 Å². The Kier molecular flexibility index (Phi) is 12.7. The number of primary amides is 1. The quantitative estimate of drug-likeness (QED) is 0.146. The number of hydrogen-bond acceptors (Lipinski definition) is 4. The molecule has 0 heterocycles. The lowest BCUT2D eigenvalue weighted by Crippen LogP contribution is -2.29. The highest BCUT2D eigenvalue weighted by atomic mass is 16.3. The highest BCUT2D eigenvalue weighted by Crippen LogP contribution is 2.35. The molecule has 41 heavy (non-hydrogen) atoms. The van der Waals surface area contributed by atoms with E-state index >= 15 is 0 Å². The van der Waals surface area contributed by atoms with Crippen LogP contribution in [0.2, 0.25) is 0 Å². The maximum Gasteiger partial charge on any atom is 0.259 e. The van der Waals surface area contributed by atoms with Gasteiger partial charge in [0.2, 0.25) is 5.91 Å². The first-order valence-electron chi connectivity index (χ1n) is 15.1. The number of phenolic OH excluding ortho intramolecular Hbond substituents is 1. The molecule has 3 rings (SSSR count). The van der Waals surface area contributed by atoms with Crippen LogP contribution in [0, 0.1) is 0 Å². The largest absolute Gasteiger partial charge is 0.506 e. The van der Waals surface area contributed by atoms with E-state index < -0.39 is 11.8 Å². The van der Waals surface area contributed by atoms with Crippen molar-refractivity contribution in [3.05, 3.63) is 65.7 Å². The van der Waals surface area contributed by atoms with Gasteiger partial charge in [0.05, 0.1) is 22.5 Å². The second-order valence-electron chi connectivity index (χ2n) is 10.8. The van der Waals surface area contributed by atoms with Gasteiger partial charge in [-0.15, -0.1) is 0 Å². The van der Waals surface area contributed by atoms with Gasteiger partial charge < -0.3 is 21.1 Å². The Morgan fingerprint density at radius 1 is 0.732 bits per heavy atom. The molecule has 0 saturated heterocycles. The third kappa shape index (κ3) is 9.07. The van der Waals surface area contributed by atoms with Crippen LogP contribution in [0.1, 0.15) is 112 Å². The number of nitrogens with one attached hydrogen (secondary N) is 1. The fourth-order valence-electron chi connectivity index (χ4n) is 5.30. The maximum absolute atomic E-state index is 13.0. The fraction of sp³-hybridized carbons (Fsp3) is 0.441. The summed E-state index contributed by atoms with van der Waals surface area (Å²) in [6, 6.07) is 15.1. The number of nitrogens with zero attached hydrogens (tertiary/aromatic N) is 1. The van der Waals surface area contributed by atoms with Crippen LogP contribution in [0.3, 0.4) is 0 Å². The second kappa shape index (κ2) is 16.4. The van der Waals surface area contributed by atoms with Gasteiger partial charge in [0.1, 0.15) is 5.75 Å². The number of anilines is 2. The topological polar surface area (TPSA) is 113 Å². The van der Waals surface area contributed by atoms with Crippen molar-refractivity contribution >= 4 is 39.9 Å². The molecule has 0 radical (unpaired) electrons. The Hall–Kier alpha value is -3.87. The van der Waals surface area contributed by atoms with E-state index in [0.717, 1.165) is 19.3 Å². The molecule has 4 N–H and O–H groups in total. The third-order valence-corrected chi connectivity index (χ3v) is 7.60. The number of para-hydroxylation sites is 1. The molecule has 0 aliphatic carbocycles. The van der Waals surface area contributed by atoms with Crippen LogP contribution in [0.15, 0.2) is 54.6 Å². The van der Waals surface area contributed by atoms with Crippen LogP contribution in [-0.4, -0.2) is 29.4 Å². The Morgan fingerprint density at radius 3 is 1.95 bits per heavy atom. The summed E-state index contributed by atoms with van der Waals surface area (Å²) in [5.41, 5.74) is 6.64. The van der Waals surface area contributed by atoms with Gasteiger partial charge >= 0.3 is 0 Å². The molecule has 3 amide bonds. The summed E-state index contributed by atoms with van der Waals surface area (Å²) in [6.07, 6.45) is 15.0. The first-order valence-corrected chi connectivity index (χ1v) is 15.1. The van der Waals surface area contributed by atoms with Gasteiger partial charge in [-0.1, -0.05) is 108 Å². The lowest BCUT2D eigenvalue weighted by molar-refractivity contribution is -0.116. The number of phenols is 1. The van der Waals surface area contributed by atoms with E-state index in [0.29, 0.717) is 23.0 Å². The Labute approximate surface area is 244 Å². The number of carbonyl (C=O) groups is 3. The molecular formula is C34H45N3O4. The van der Waals surface area contributed by atoms with Crippen molar-refractivity contribution in [1.29, 1.82) is 0 Å². The minimum absolute atomic E-state index is 0.0595. The zero-order valence-electron chi connectivity index (χ0n) is 24.6. The van der Waals surface area contributed by atoms with E-state index in [1.807, 2.05) is 6.07 Å². The Balaban J connectivity index is 1.61. The molecule has 220 valence electrons. The lowest BCUT2D eigenvalue weighted by Gasteiger charge is -2.23. The van der Waals surface area contributed by atoms with Crippen molar-refractivity contribution in [2.24, 2.45) is 5.73 Å². The molecule has 7 nitrogen and oxygen atoms in total. The zero-order chi connectivity index (χ0) is 29.6. The van der Waals surface area contributed by atoms with Crippen LogP contribution < -0.4 is 16.0 Å². The van der Waals surface area contributed by atoms with Crippen molar-refractivity contribution in [3.63, 3.8) is 0 Å². The van der Waals surface area contributed by atoms with E-state index in [1.165, 1.54) is 69.9 Å². The fourth-order valence-corrected chi connectivity index (χ4v) is 5.30. The number of fused-ring (bicyclic) bond motifs is 1. The number of hydrogen-bond donors (Lipinski definition) is 3. The van der Waals surface area contributed by atoms with E-state index in [2.05, 4.69) is 12.2 Å². The predicted octanol–water partition coefficient (Wildman–Crippen LogP) is 7.95. The van der Waals surface area contributed by atoms with E-state index in [1.54, 1.807) is 48.2 Å². The minimum atomic E-state index is -0.661. The van der Waals surface area contributed by atoms with Crippen molar-refractivity contribution < 1.29 is 19.5 Å². The molecule has 3 aromatic rings. The zero-order valence-corrected chi connectivity index (χ0v) is 24.6. The summed E-state index contributed by atoms with van der Waals surface area (Å²) in [4.78, 5) is 39.1. The van der Waals surface area contributed by atoms with Gasteiger partial charge in [-0.3, -0.25) is 14.4 Å². The van der Waals surface area contributed by atoms with Gasteiger partial charge in [0.25, 0.3) is 11.8 Å². The number of rotatable bonds is 17. The molecule has 0 aliphatic rings. The van der Waals surface area contributed by atoms with Crippen LogP contribution >= 0.6 is 0 Å². The molecule has 7 heteroatoms. The molecule has 0 unspecified atom stereocenters. The van der Waals surface area contributed by atoms with Crippen molar-refractivity contribution in [2.75, 3.05) is 16.8 Å². The summed E-state index contributed by atoms with van der Waals surface area (Å²) in [6.45, 7) is 4.40. The number of benzene rings is 3. The Morgan fingerprint density at radius 2 is 1.34 bits per heavy atom. The molecule has 0 saturated carbocycles. The molecule has 0 aromatic heterocycles.